The van der Waals surface area contributed by atoms with Gasteiger partial charge in [0, 0.05) is 6.07 Å². The molecule has 29 heavy (non-hydrogen) atoms. The molecule has 3 aromatic rings. The van der Waals surface area contributed by atoms with Crippen LogP contribution in [0.15, 0.2) is 55.8 Å². The van der Waals surface area contributed by atoms with Crippen molar-refractivity contribution < 1.29 is 14.1 Å². The van der Waals surface area contributed by atoms with E-state index in [1.54, 1.807) is 31.2 Å². The number of aryl methyl sites for hydroxylation is 1. The lowest BCUT2D eigenvalue weighted by atomic mass is 10.1. The Morgan fingerprint density at radius 2 is 2.28 bits per heavy atom. The first kappa shape index (κ1) is 20.2. The number of nitro groups is 1. The Labute approximate surface area is 173 Å². The summed E-state index contributed by atoms with van der Waals surface area (Å²) in [6, 6.07) is 9.65. The molecule has 146 valence electrons. The van der Waals surface area contributed by atoms with Crippen LogP contribution >= 0.6 is 23.1 Å². The molecule has 0 spiro atoms. The minimum atomic E-state index is -0.602. The molecule has 0 radical (unpaired) electrons. The monoisotopic (exact) mass is 427 g/mol. The largest absolute Gasteiger partial charge is 0.467 e. The maximum absolute atomic E-state index is 12.2. The lowest BCUT2D eigenvalue weighted by molar-refractivity contribution is -0.387. The van der Waals surface area contributed by atoms with Crippen molar-refractivity contribution in [3.63, 3.8) is 0 Å². The molecular weight excluding hydrogens is 414 g/mol. The first-order valence-corrected chi connectivity index (χ1v) is 9.78. The molecule has 0 atom stereocenters. The molecule has 2 aromatic heterocycles. The lowest BCUT2D eigenvalue weighted by Gasteiger charge is -2.04. The number of nitro benzene ring substituents is 1. The first-order valence-electron chi connectivity index (χ1n) is 8.15. The van der Waals surface area contributed by atoms with E-state index in [1.165, 1.54) is 29.7 Å². The van der Waals surface area contributed by atoms with E-state index in [9.17, 15) is 20.2 Å². The van der Waals surface area contributed by atoms with Crippen LogP contribution in [0.25, 0.3) is 6.08 Å². The van der Waals surface area contributed by atoms with Crippen LogP contribution in [0.3, 0.4) is 0 Å². The topological polar surface area (TPSA) is 135 Å². The normalized spacial score (nSPS) is 11.1. The van der Waals surface area contributed by atoms with E-state index in [2.05, 4.69) is 15.5 Å². The van der Waals surface area contributed by atoms with Crippen molar-refractivity contribution in [2.24, 2.45) is 0 Å². The van der Waals surface area contributed by atoms with Crippen LogP contribution in [0.2, 0.25) is 0 Å². The van der Waals surface area contributed by atoms with Crippen molar-refractivity contribution in [2.45, 2.75) is 22.7 Å². The number of rotatable bonds is 7. The minimum absolute atomic E-state index is 0.127. The summed E-state index contributed by atoms with van der Waals surface area (Å²) in [7, 11) is 0. The van der Waals surface area contributed by atoms with Gasteiger partial charge in [-0.05, 0) is 36.8 Å². The SMILES string of the molecule is Cc1nnc(Sc2ccc(/C=C(\C#N)C(=O)NCc3ccco3)cc2[N+](=O)[O-])s1. The number of aromatic nitrogens is 2. The Morgan fingerprint density at radius 1 is 1.45 bits per heavy atom. The summed E-state index contributed by atoms with van der Waals surface area (Å²) >= 11 is 2.47. The van der Waals surface area contributed by atoms with Gasteiger partial charge in [0.2, 0.25) is 0 Å². The molecule has 0 aliphatic rings. The number of carbonyl (C=O) groups is 1. The number of hydrogen-bond donors (Lipinski definition) is 1. The van der Waals surface area contributed by atoms with E-state index < -0.39 is 10.8 Å². The Balaban J connectivity index is 1.81. The summed E-state index contributed by atoms with van der Waals surface area (Å²) in [6.07, 6.45) is 2.78. The molecule has 2 heterocycles. The second-order valence-electron chi connectivity index (χ2n) is 5.61. The van der Waals surface area contributed by atoms with Crippen LogP contribution in [0, 0.1) is 28.4 Å². The number of nitrogens with one attached hydrogen (secondary N) is 1. The van der Waals surface area contributed by atoms with Gasteiger partial charge in [0.15, 0.2) is 4.34 Å². The highest BCUT2D eigenvalue weighted by Crippen LogP contribution is 2.36. The number of nitrogens with zero attached hydrogens (tertiary/aromatic N) is 4. The molecule has 0 saturated carbocycles. The van der Waals surface area contributed by atoms with E-state index in [0.29, 0.717) is 20.6 Å². The Morgan fingerprint density at radius 3 is 2.90 bits per heavy atom. The average Bonchev–Trinajstić information content (AvgIpc) is 3.36. The van der Waals surface area contributed by atoms with Gasteiger partial charge in [-0.15, -0.1) is 10.2 Å². The van der Waals surface area contributed by atoms with E-state index in [1.807, 2.05) is 6.07 Å². The summed E-state index contributed by atoms with van der Waals surface area (Å²) in [6.45, 7) is 1.92. The van der Waals surface area contributed by atoms with Crippen LogP contribution in [0.5, 0.6) is 0 Å². The quantitative estimate of drug-likeness (QED) is 0.261. The number of furan rings is 1. The van der Waals surface area contributed by atoms with Crippen molar-refractivity contribution in [1.82, 2.24) is 15.5 Å². The van der Waals surface area contributed by atoms with Crippen LogP contribution in [0.4, 0.5) is 5.69 Å². The number of hydrogen-bond acceptors (Lipinski definition) is 9. The fourth-order valence-electron chi connectivity index (χ4n) is 2.26. The highest BCUT2D eigenvalue weighted by molar-refractivity contribution is 8.01. The molecule has 1 aromatic carbocycles. The third-order valence-corrected chi connectivity index (χ3v) is 5.52. The Kier molecular flexibility index (Phi) is 6.38. The maximum atomic E-state index is 12.2. The number of carbonyl (C=O) groups excluding carboxylic acids is 1. The minimum Gasteiger partial charge on any atom is -0.467 e. The molecule has 0 unspecified atom stereocenters. The van der Waals surface area contributed by atoms with Crippen molar-refractivity contribution in [2.75, 3.05) is 0 Å². The molecule has 0 aliphatic heterocycles. The van der Waals surface area contributed by atoms with Crippen molar-refractivity contribution in [3.05, 3.63) is 68.6 Å². The standard InChI is InChI=1S/C18H13N5O4S2/c1-11-21-22-18(28-11)29-16-5-4-12(8-15(16)23(25)26)7-13(9-19)17(24)20-10-14-3-2-6-27-14/h2-8H,10H2,1H3,(H,20,24)/b13-7+. The number of nitriles is 1. The summed E-state index contributed by atoms with van der Waals surface area (Å²) in [5.41, 5.74) is 0.0371. The van der Waals surface area contributed by atoms with E-state index in [-0.39, 0.29) is 17.8 Å². The molecule has 3 rings (SSSR count). The summed E-state index contributed by atoms with van der Waals surface area (Å²) < 4.78 is 5.70. The van der Waals surface area contributed by atoms with Gasteiger partial charge in [0.05, 0.1) is 22.6 Å². The second kappa shape index (κ2) is 9.13. The van der Waals surface area contributed by atoms with Crippen LogP contribution in [-0.4, -0.2) is 21.0 Å². The fourth-order valence-corrected chi connectivity index (χ4v) is 4.12. The van der Waals surface area contributed by atoms with Gasteiger partial charge in [0.1, 0.15) is 22.4 Å². The van der Waals surface area contributed by atoms with Gasteiger partial charge in [-0.25, -0.2) is 0 Å². The number of amides is 1. The predicted molar refractivity (Wildman–Crippen MR) is 106 cm³/mol. The van der Waals surface area contributed by atoms with Gasteiger partial charge in [-0.2, -0.15) is 5.26 Å². The molecule has 1 N–H and O–H groups in total. The van der Waals surface area contributed by atoms with Gasteiger partial charge < -0.3 is 9.73 Å². The third kappa shape index (κ3) is 5.28. The van der Waals surface area contributed by atoms with E-state index in [4.69, 9.17) is 4.42 Å². The van der Waals surface area contributed by atoms with Crippen molar-refractivity contribution in [3.8, 4) is 6.07 Å². The zero-order valence-corrected chi connectivity index (χ0v) is 16.6. The smallest absolute Gasteiger partial charge is 0.283 e. The highest BCUT2D eigenvalue weighted by Gasteiger charge is 2.18. The summed E-state index contributed by atoms with van der Waals surface area (Å²) in [4.78, 5) is 23.6. The molecule has 9 nitrogen and oxygen atoms in total. The zero-order chi connectivity index (χ0) is 20.8. The number of benzene rings is 1. The fraction of sp³-hybridized carbons (Fsp3) is 0.111. The van der Waals surface area contributed by atoms with Crippen LogP contribution in [-0.2, 0) is 11.3 Å². The first-order chi connectivity index (χ1) is 14.0. The second-order valence-corrected chi connectivity index (χ2v) is 8.08. The Bertz CT molecular complexity index is 1120. The van der Waals surface area contributed by atoms with Gasteiger partial charge >= 0.3 is 0 Å². The van der Waals surface area contributed by atoms with Crippen LogP contribution in [0.1, 0.15) is 16.3 Å². The molecule has 0 fully saturated rings. The zero-order valence-electron chi connectivity index (χ0n) is 15.0. The van der Waals surface area contributed by atoms with Crippen LogP contribution < -0.4 is 5.32 Å². The molecular formula is C18H13N5O4S2. The predicted octanol–water partition coefficient (Wildman–Crippen LogP) is 3.72. The van der Waals surface area contributed by atoms with E-state index in [0.717, 1.165) is 16.8 Å². The van der Waals surface area contributed by atoms with Crippen molar-refractivity contribution in [1.29, 1.82) is 5.26 Å². The Hall–Kier alpha value is -3.49. The van der Waals surface area contributed by atoms with Crippen molar-refractivity contribution >= 4 is 40.8 Å². The molecule has 0 bridgehead atoms. The van der Waals surface area contributed by atoms with Gasteiger partial charge in [-0.3, -0.25) is 14.9 Å². The molecule has 11 heteroatoms. The maximum Gasteiger partial charge on any atom is 0.283 e. The average molecular weight is 427 g/mol. The molecule has 1 amide bonds. The third-order valence-electron chi connectivity index (χ3n) is 3.56. The molecule has 0 saturated heterocycles. The van der Waals surface area contributed by atoms with Gasteiger partial charge in [-0.1, -0.05) is 29.2 Å². The van der Waals surface area contributed by atoms with E-state index >= 15 is 0 Å². The lowest BCUT2D eigenvalue weighted by Crippen LogP contribution is -2.23. The summed E-state index contributed by atoms with van der Waals surface area (Å²) in [5, 5.41) is 31.9. The summed E-state index contributed by atoms with van der Waals surface area (Å²) in [5.74, 6) is -0.0612. The highest BCUT2D eigenvalue weighted by atomic mass is 32.2. The molecule has 0 aliphatic carbocycles. The van der Waals surface area contributed by atoms with Gasteiger partial charge in [0.25, 0.3) is 11.6 Å².